The molecule has 0 aliphatic carbocycles. The maximum absolute atomic E-state index is 12.8. The molecule has 0 spiro atoms. The van der Waals surface area contributed by atoms with Crippen LogP contribution in [0.4, 0.5) is 0 Å². The molecule has 4 rings (SSSR count). The summed E-state index contributed by atoms with van der Waals surface area (Å²) in [6.45, 7) is 0.922. The summed E-state index contributed by atoms with van der Waals surface area (Å²) in [5.74, 6) is -0.0211. The SMILES string of the molecule is CN(CCOc1ccccc1)C(=O)c1cccc(CN2C(=O)c3ccccc3C2=O)c1. The number of rotatable bonds is 7. The Morgan fingerprint density at radius 2 is 1.52 bits per heavy atom. The number of benzene rings is 3. The lowest BCUT2D eigenvalue weighted by Crippen LogP contribution is -2.31. The lowest BCUT2D eigenvalue weighted by molar-refractivity contribution is 0.0642. The normalized spacial score (nSPS) is 12.6. The molecule has 6 nitrogen and oxygen atoms in total. The number of hydrogen-bond donors (Lipinski definition) is 0. The van der Waals surface area contributed by atoms with Crippen LogP contribution >= 0.6 is 0 Å². The summed E-state index contributed by atoms with van der Waals surface area (Å²) in [5.41, 5.74) is 2.04. The van der Waals surface area contributed by atoms with Gasteiger partial charge in [-0.2, -0.15) is 0 Å². The summed E-state index contributed by atoms with van der Waals surface area (Å²) in [6.07, 6.45) is 0. The van der Waals surface area contributed by atoms with Crippen LogP contribution < -0.4 is 4.74 Å². The summed E-state index contributed by atoms with van der Waals surface area (Å²) in [6, 6.07) is 23.2. The summed E-state index contributed by atoms with van der Waals surface area (Å²) < 4.78 is 5.65. The average molecular weight is 414 g/mol. The van der Waals surface area contributed by atoms with Gasteiger partial charge in [-0.05, 0) is 42.0 Å². The van der Waals surface area contributed by atoms with E-state index in [1.165, 1.54) is 4.90 Å². The molecule has 1 heterocycles. The van der Waals surface area contributed by atoms with Gasteiger partial charge >= 0.3 is 0 Å². The second-order valence-corrected chi connectivity index (χ2v) is 7.33. The van der Waals surface area contributed by atoms with E-state index >= 15 is 0 Å². The van der Waals surface area contributed by atoms with E-state index in [9.17, 15) is 14.4 Å². The Kier molecular flexibility index (Phi) is 5.80. The van der Waals surface area contributed by atoms with E-state index in [4.69, 9.17) is 4.74 Å². The van der Waals surface area contributed by atoms with Crippen molar-refractivity contribution in [2.45, 2.75) is 6.54 Å². The number of nitrogens with zero attached hydrogens (tertiary/aromatic N) is 2. The highest BCUT2D eigenvalue weighted by Gasteiger charge is 2.35. The van der Waals surface area contributed by atoms with Gasteiger partial charge in [-0.3, -0.25) is 19.3 Å². The van der Waals surface area contributed by atoms with Gasteiger partial charge in [-0.25, -0.2) is 0 Å². The van der Waals surface area contributed by atoms with Crippen molar-refractivity contribution in [3.63, 3.8) is 0 Å². The largest absolute Gasteiger partial charge is 0.492 e. The molecule has 0 saturated carbocycles. The molecule has 6 heteroatoms. The van der Waals surface area contributed by atoms with Crippen LogP contribution in [-0.4, -0.2) is 47.7 Å². The minimum atomic E-state index is -0.312. The predicted molar refractivity (Wildman–Crippen MR) is 116 cm³/mol. The number of para-hydroxylation sites is 1. The third-order valence-electron chi connectivity index (χ3n) is 5.18. The van der Waals surface area contributed by atoms with Crippen molar-refractivity contribution in [2.24, 2.45) is 0 Å². The van der Waals surface area contributed by atoms with Gasteiger partial charge < -0.3 is 9.64 Å². The third-order valence-corrected chi connectivity index (χ3v) is 5.18. The summed E-state index contributed by atoms with van der Waals surface area (Å²) in [4.78, 5) is 40.8. The van der Waals surface area contributed by atoms with E-state index < -0.39 is 0 Å². The number of fused-ring (bicyclic) bond motifs is 1. The zero-order chi connectivity index (χ0) is 21.8. The van der Waals surface area contributed by atoms with Crippen molar-refractivity contribution < 1.29 is 19.1 Å². The lowest BCUT2D eigenvalue weighted by Gasteiger charge is -2.19. The maximum Gasteiger partial charge on any atom is 0.261 e. The molecule has 156 valence electrons. The molecular formula is C25H22N2O4. The first kappa shape index (κ1) is 20.3. The highest BCUT2D eigenvalue weighted by Crippen LogP contribution is 2.24. The van der Waals surface area contributed by atoms with Gasteiger partial charge in [0.05, 0.1) is 24.2 Å². The number of amides is 3. The fourth-order valence-electron chi connectivity index (χ4n) is 3.51. The average Bonchev–Trinajstić information content (AvgIpc) is 3.04. The zero-order valence-electron chi connectivity index (χ0n) is 17.2. The molecule has 0 radical (unpaired) electrons. The van der Waals surface area contributed by atoms with E-state index in [2.05, 4.69) is 0 Å². The Balaban J connectivity index is 1.39. The molecule has 0 unspecified atom stereocenters. The molecule has 3 amide bonds. The van der Waals surface area contributed by atoms with Gasteiger partial charge in [-0.15, -0.1) is 0 Å². The number of carbonyl (C=O) groups is 3. The van der Waals surface area contributed by atoms with Crippen molar-refractivity contribution in [1.82, 2.24) is 9.80 Å². The maximum atomic E-state index is 12.8. The van der Waals surface area contributed by atoms with Crippen LogP contribution in [0, 0.1) is 0 Å². The van der Waals surface area contributed by atoms with Crippen LogP contribution in [0.5, 0.6) is 5.75 Å². The number of hydrogen-bond acceptors (Lipinski definition) is 4. The topological polar surface area (TPSA) is 66.9 Å². The quantitative estimate of drug-likeness (QED) is 0.554. The molecule has 0 bridgehead atoms. The fraction of sp³-hybridized carbons (Fsp3) is 0.160. The first-order chi connectivity index (χ1) is 15.0. The molecular weight excluding hydrogens is 392 g/mol. The van der Waals surface area contributed by atoms with Gasteiger partial charge in [0, 0.05) is 12.6 Å². The number of likely N-dealkylation sites (N-methyl/N-ethyl adjacent to an activating group) is 1. The first-order valence-corrected chi connectivity index (χ1v) is 10.0. The van der Waals surface area contributed by atoms with E-state index in [-0.39, 0.29) is 24.3 Å². The highest BCUT2D eigenvalue weighted by atomic mass is 16.5. The second-order valence-electron chi connectivity index (χ2n) is 7.33. The smallest absolute Gasteiger partial charge is 0.261 e. The zero-order valence-corrected chi connectivity index (χ0v) is 17.2. The standard InChI is InChI=1S/C25H22N2O4/c1-26(14-15-31-20-10-3-2-4-11-20)23(28)19-9-7-8-18(16-19)17-27-24(29)21-12-5-6-13-22(21)25(27)30/h2-13,16H,14-15,17H2,1H3. The van der Waals surface area contributed by atoms with Gasteiger partial charge in [0.15, 0.2) is 0 Å². The Bertz CT molecular complexity index is 1090. The van der Waals surface area contributed by atoms with Crippen LogP contribution in [-0.2, 0) is 6.54 Å². The Labute approximate surface area is 180 Å². The monoisotopic (exact) mass is 414 g/mol. The molecule has 0 atom stereocenters. The minimum absolute atomic E-state index is 0.119. The van der Waals surface area contributed by atoms with Gasteiger partial charge in [0.1, 0.15) is 12.4 Å². The molecule has 0 N–H and O–H groups in total. The van der Waals surface area contributed by atoms with E-state index in [0.29, 0.717) is 35.4 Å². The molecule has 3 aromatic carbocycles. The fourth-order valence-corrected chi connectivity index (χ4v) is 3.51. The third kappa shape index (κ3) is 4.33. The number of imide groups is 1. The van der Waals surface area contributed by atoms with Crippen LogP contribution in [0.15, 0.2) is 78.9 Å². The Morgan fingerprint density at radius 3 is 2.19 bits per heavy atom. The molecule has 31 heavy (non-hydrogen) atoms. The first-order valence-electron chi connectivity index (χ1n) is 10.0. The molecule has 3 aromatic rings. The van der Waals surface area contributed by atoms with E-state index in [1.807, 2.05) is 30.3 Å². The number of carbonyl (C=O) groups excluding carboxylic acids is 3. The summed E-state index contributed by atoms with van der Waals surface area (Å²) in [7, 11) is 1.72. The van der Waals surface area contributed by atoms with E-state index in [1.54, 1.807) is 60.5 Å². The lowest BCUT2D eigenvalue weighted by atomic mass is 10.1. The highest BCUT2D eigenvalue weighted by molar-refractivity contribution is 6.21. The van der Waals surface area contributed by atoms with Crippen LogP contribution in [0.25, 0.3) is 0 Å². The van der Waals surface area contributed by atoms with Gasteiger partial charge in [-0.1, -0.05) is 42.5 Å². The predicted octanol–water partition coefficient (Wildman–Crippen LogP) is 3.63. The van der Waals surface area contributed by atoms with Crippen molar-refractivity contribution in [1.29, 1.82) is 0 Å². The van der Waals surface area contributed by atoms with Gasteiger partial charge in [0.2, 0.25) is 0 Å². The van der Waals surface area contributed by atoms with Crippen molar-refractivity contribution in [3.8, 4) is 5.75 Å². The van der Waals surface area contributed by atoms with Crippen LogP contribution in [0.3, 0.4) is 0 Å². The molecule has 0 saturated heterocycles. The van der Waals surface area contributed by atoms with Crippen molar-refractivity contribution >= 4 is 17.7 Å². The summed E-state index contributed by atoms with van der Waals surface area (Å²) >= 11 is 0. The van der Waals surface area contributed by atoms with E-state index in [0.717, 1.165) is 5.75 Å². The molecule has 1 aliphatic heterocycles. The number of ether oxygens (including phenoxy) is 1. The molecule has 1 aliphatic rings. The molecule has 0 aromatic heterocycles. The minimum Gasteiger partial charge on any atom is -0.492 e. The second kappa shape index (κ2) is 8.83. The van der Waals surface area contributed by atoms with Gasteiger partial charge in [0.25, 0.3) is 17.7 Å². The Morgan fingerprint density at radius 1 is 0.871 bits per heavy atom. The van der Waals surface area contributed by atoms with Crippen molar-refractivity contribution in [2.75, 3.05) is 20.2 Å². The van der Waals surface area contributed by atoms with Crippen LogP contribution in [0.1, 0.15) is 36.6 Å². The van der Waals surface area contributed by atoms with Crippen LogP contribution in [0.2, 0.25) is 0 Å². The molecule has 0 fully saturated rings. The van der Waals surface area contributed by atoms with Crippen molar-refractivity contribution in [3.05, 3.63) is 101 Å². The Hall–Kier alpha value is -3.93. The summed E-state index contributed by atoms with van der Waals surface area (Å²) in [5, 5.41) is 0.